The molecule has 0 unspecified atom stereocenters. The van der Waals surface area contributed by atoms with Crippen LogP contribution in [0.4, 0.5) is 0 Å². The van der Waals surface area contributed by atoms with Gasteiger partial charge in [-0.3, -0.25) is 4.79 Å². The molecule has 0 saturated carbocycles. The zero-order chi connectivity index (χ0) is 28.4. The number of aromatic nitrogens is 1. The summed E-state index contributed by atoms with van der Waals surface area (Å²) in [6, 6.07) is 20.1. The minimum absolute atomic E-state index is 0. The van der Waals surface area contributed by atoms with Gasteiger partial charge in [-0.15, -0.1) is 0 Å². The Labute approximate surface area is 266 Å². The van der Waals surface area contributed by atoms with E-state index in [0.717, 1.165) is 48.4 Å². The second-order valence-electron chi connectivity index (χ2n) is 11.1. The Kier molecular flexibility index (Phi) is 17.4. The average Bonchev–Trinajstić information content (AvgIpc) is 2.98. The number of unbranched alkanes of at least 4 members (excludes halogenated alkanes) is 9. The van der Waals surface area contributed by atoms with Gasteiger partial charge in [0.25, 0.3) is 5.91 Å². The Morgan fingerprint density at radius 3 is 2.00 bits per heavy atom. The molecule has 1 amide bonds. The van der Waals surface area contributed by atoms with Gasteiger partial charge in [-0.05, 0) is 54.3 Å². The number of amides is 1. The molecule has 0 bridgehead atoms. The van der Waals surface area contributed by atoms with Crippen LogP contribution < -0.4 is 33.3 Å². The van der Waals surface area contributed by atoms with E-state index in [1.54, 1.807) is 0 Å². The van der Waals surface area contributed by atoms with Crippen molar-refractivity contribution in [3.63, 3.8) is 0 Å². The number of rotatable bonds is 19. The molecule has 3 aromatic rings. The van der Waals surface area contributed by atoms with E-state index in [0.29, 0.717) is 18.7 Å². The van der Waals surface area contributed by atoms with Gasteiger partial charge in [0, 0.05) is 37.2 Å². The maximum absolute atomic E-state index is 13.5. The minimum Gasteiger partial charge on any atom is -1.00 e. The molecule has 0 atom stereocenters. The number of carbonyl (C=O) groups excluding carboxylic acids is 1. The zero-order valence-corrected chi connectivity index (χ0v) is 27.8. The first-order chi connectivity index (χ1) is 19.6. The number of ether oxygens (including phenoxy) is 1. The zero-order valence-electron chi connectivity index (χ0n) is 25.6. The third-order valence-corrected chi connectivity index (χ3v) is 7.57. The monoisotopic (exact) mass is 670 g/mol. The Morgan fingerprint density at radius 1 is 0.756 bits per heavy atom. The fraction of sp³-hybridized carbons (Fsp3) is 0.500. The fourth-order valence-corrected chi connectivity index (χ4v) is 5.10. The summed E-state index contributed by atoms with van der Waals surface area (Å²) < 4.78 is 8.27. The largest absolute Gasteiger partial charge is 1.00 e. The standard InChI is InChI=1S/C36H51N2O2.HI/c1-4-6-7-8-9-10-11-12-13-17-27-40-35-21-20-34(31(3)28-35)30-38(36(39)33-18-15-14-16-19-33)29-32-22-25-37(24-5-2)26-23-32;/h14-16,18-23,25-26,28H,4-13,17,24,27,29-30H2,1-3H3;1H/q+1;/p-1. The number of carbonyl (C=O) groups is 1. The Morgan fingerprint density at radius 2 is 1.39 bits per heavy atom. The Bertz CT molecular complexity index is 1120. The number of nitrogens with zero attached hydrogens (tertiary/aromatic N) is 2. The summed E-state index contributed by atoms with van der Waals surface area (Å²) in [4.78, 5) is 15.5. The molecule has 0 radical (unpaired) electrons. The first-order valence-electron chi connectivity index (χ1n) is 15.6. The maximum atomic E-state index is 13.5. The van der Waals surface area contributed by atoms with E-state index in [9.17, 15) is 4.79 Å². The molecular formula is C36H51IN2O2. The van der Waals surface area contributed by atoms with Crippen molar-refractivity contribution in [3.8, 4) is 5.75 Å². The van der Waals surface area contributed by atoms with Crippen molar-refractivity contribution in [2.24, 2.45) is 0 Å². The molecule has 0 saturated heterocycles. The quantitative estimate of drug-likeness (QED) is 0.0914. The van der Waals surface area contributed by atoms with Gasteiger partial charge in [-0.25, -0.2) is 4.57 Å². The number of hydrogen-bond donors (Lipinski definition) is 0. The minimum atomic E-state index is 0. The lowest BCUT2D eigenvalue weighted by Crippen LogP contribution is -3.00. The van der Waals surface area contributed by atoms with Crippen molar-refractivity contribution in [1.29, 1.82) is 0 Å². The Balaban J connectivity index is 0.00000588. The molecule has 0 aliphatic carbocycles. The number of benzene rings is 2. The summed E-state index contributed by atoms with van der Waals surface area (Å²) in [5.74, 6) is 0.966. The van der Waals surface area contributed by atoms with Crippen molar-refractivity contribution in [2.75, 3.05) is 6.61 Å². The van der Waals surface area contributed by atoms with Gasteiger partial charge in [0.15, 0.2) is 12.4 Å². The summed E-state index contributed by atoms with van der Waals surface area (Å²) in [6.07, 6.45) is 18.6. The molecule has 0 spiro atoms. The van der Waals surface area contributed by atoms with Crippen LogP contribution in [0.2, 0.25) is 0 Å². The fourth-order valence-electron chi connectivity index (χ4n) is 5.10. The highest BCUT2D eigenvalue weighted by Crippen LogP contribution is 2.21. The molecule has 224 valence electrons. The second kappa shape index (κ2) is 20.5. The Hall–Kier alpha value is -2.41. The van der Waals surface area contributed by atoms with Crippen LogP contribution in [0.3, 0.4) is 0 Å². The van der Waals surface area contributed by atoms with E-state index in [1.165, 1.54) is 57.8 Å². The average molecular weight is 671 g/mol. The van der Waals surface area contributed by atoms with Crippen molar-refractivity contribution in [2.45, 2.75) is 111 Å². The van der Waals surface area contributed by atoms with Crippen molar-refractivity contribution >= 4 is 5.91 Å². The van der Waals surface area contributed by atoms with Gasteiger partial charge in [-0.2, -0.15) is 0 Å². The summed E-state index contributed by atoms with van der Waals surface area (Å²) in [5, 5.41) is 0. The lowest BCUT2D eigenvalue weighted by molar-refractivity contribution is -0.697. The maximum Gasteiger partial charge on any atom is 0.254 e. The lowest BCUT2D eigenvalue weighted by Gasteiger charge is -2.24. The SMILES string of the molecule is CCCCCCCCCCCCOc1ccc(CN(Cc2cc[n+](CCC)cc2)C(=O)c2ccccc2)c(C)c1.[I-]. The predicted molar refractivity (Wildman–Crippen MR) is 165 cm³/mol. The number of halogens is 1. The van der Waals surface area contributed by atoms with Crippen LogP contribution in [-0.4, -0.2) is 17.4 Å². The highest BCUT2D eigenvalue weighted by Gasteiger charge is 2.18. The van der Waals surface area contributed by atoms with Crippen LogP contribution in [0, 0.1) is 6.92 Å². The molecule has 5 heteroatoms. The number of pyridine rings is 1. The van der Waals surface area contributed by atoms with Crippen molar-refractivity contribution in [1.82, 2.24) is 4.90 Å². The summed E-state index contributed by atoms with van der Waals surface area (Å²) in [7, 11) is 0. The van der Waals surface area contributed by atoms with Crippen LogP contribution in [0.25, 0.3) is 0 Å². The third-order valence-electron chi connectivity index (χ3n) is 7.57. The van der Waals surface area contributed by atoms with Gasteiger partial charge < -0.3 is 33.6 Å². The van der Waals surface area contributed by atoms with E-state index in [2.05, 4.69) is 68.1 Å². The molecule has 1 aromatic heterocycles. The molecule has 2 aromatic carbocycles. The number of hydrogen-bond acceptors (Lipinski definition) is 2. The summed E-state index contributed by atoms with van der Waals surface area (Å²) in [6.45, 7) is 9.45. The highest BCUT2D eigenvalue weighted by atomic mass is 127. The van der Waals surface area contributed by atoms with Gasteiger partial charge >= 0.3 is 0 Å². The highest BCUT2D eigenvalue weighted by molar-refractivity contribution is 5.94. The lowest BCUT2D eigenvalue weighted by atomic mass is 10.1. The third kappa shape index (κ3) is 13.0. The molecule has 0 N–H and O–H groups in total. The molecule has 0 aliphatic heterocycles. The van der Waals surface area contributed by atoms with Crippen LogP contribution in [0.1, 0.15) is 112 Å². The predicted octanol–water partition coefficient (Wildman–Crippen LogP) is 5.84. The molecule has 41 heavy (non-hydrogen) atoms. The van der Waals surface area contributed by atoms with Gasteiger partial charge in [0.1, 0.15) is 12.3 Å². The van der Waals surface area contributed by atoms with E-state index < -0.39 is 0 Å². The van der Waals surface area contributed by atoms with E-state index in [1.807, 2.05) is 35.2 Å². The number of aryl methyl sites for hydroxylation is 2. The second-order valence-corrected chi connectivity index (χ2v) is 11.1. The molecule has 3 rings (SSSR count). The summed E-state index contributed by atoms with van der Waals surface area (Å²) in [5.41, 5.74) is 4.15. The van der Waals surface area contributed by atoms with Crippen LogP contribution in [0.5, 0.6) is 5.75 Å². The van der Waals surface area contributed by atoms with Crippen molar-refractivity contribution < 1.29 is 38.1 Å². The summed E-state index contributed by atoms with van der Waals surface area (Å²) >= 11 is 0. The van der Waals surface area contributed by atoms with Crippen LogP contribution >= 0.6 is 0 Å². The van der Waals surface area contributed by atoms with Crippen LogP contribution in [-0.2, 0) is 19.6 Å². The van der Waals surface area contributed by atoms with Gasteiger partial charge in [0.2, 0.25) is 0 Å². The first kappa shape index (κ1) is 34.8. The molecule has 4 nitrogen and oxygen atoms in total. The molecular weight excluding hydrogens is 619 g/mol. The van der Waals surface area contributed by atoms with Crippen molar-refractivity contribution in [3.05, 3.63) is 95.3 Å². The first-order valence-corrected chi connectivity index (χ1v) is 15.6. The molecule has 0 fully saturated rings. The van der Waals surface area contributed by atoms with E-state index >= 15 is 0 Å². The smallest absolute Gasteiger partial charge is 0.254 e. The van der Waals surface area contributed by atoms with Gasteiger partial charge in [-0.1, -0.05) is 95.9 Å². The van der Waals surface area contributed by atoms with Gasteiger partial charge in [0.05, 0.1) is 6.61 Å². The molecule has 1 heterocycles. The van der Waals surface area contributed by atoms with E-state index in [-0.39, 0.29) is 29.9 Å². The molecule has 0 aliphatic rings. The normalized spacial score (nSPS) is 10.7. The topological polar surface area (TPSA) is 33.4 Å². The van der Waals surface area contributed by atoms with Crippen LogP contribution in [0.15, 0.2) is 73.1 Å². The van der Waals surface area contributed by atoms with E-state index in [4.69, 9.17) is 4.74 Å².